The zero-order chi connectivity index (χ0) is 17.9. The number of carbonyl (C=O) groups excluding carboxylic acids is 2. The Morgan fingerprint density at radius 3 is 2.33 bits per heavy atom. The molecular weight excluding hydrogens is 349 g/mol. The Labute approximate surface area is 150 Å². The van der Waals surface area contributed by atoms with Crippen molar-refractivity contribution in [3.63, 3.8) is 0 Å². The Morgan fingerprint density at radius 2 is 1.67 bits per heavy atom. The quantitative estimate of drug-likeness (QED) is 0.797. The van der Waals surface area contributed by atoms with Crippen molar-refractivity contribution in [2.75, 3.05) is 11.9 Å². The number of aryl methyl sites for hydroxylation is 3. The molecule has 126 valence electrons. The summed E-state index contributed by atoms with van der Waals surface area (Å²) in [6, 6.07) is 8.61. The molecule has 0 bridgehead atoms. The number of carbonyl (C=O) groups is 2. The summed E-state index contributed by atoms with van der Waals surface area (Å²) in [5.41, 5.74) is 3.55. The lowest BCUT2D eigenvalue weighted by molar-refractivity contribution is -0.119. The lowest BCUT2D eigenvalue weighted by Gasteiger charge is -2.11. The molecule has 6 heteroatoms. The van der Waals surface area contributed by atoms with Gasteiger partial charge in [0.25, 0.3) is 5.91 Å². The number of rotatable bonds is 4. The third kappa shape index (κ3) is 4.28. The minimum Gasteiger partial charge on any atom is -0.452 e. The summed E-state index contributed by atoms with van der Waals surface area (Å²) < 4.78 is 5.03. The lowest BCUT2D eigenvalue weighted by Crippen LogP contribution is -2.21. The number of anilines is 1. The summed E-state index contributed by atoms with van der Waals surface area (Å²) in [6.45, 7) is 5.23. The average Bonchev–Trinajstić information content (AvgIpc) is 2.55. The van der Waals surface area contributed by atoms with Gasteiger partial charge in [-0.25, -0.2) is 4.79 Å². The van der Waals surface area contributed by atoms with Crippen LogP contribution in [0.5, 0.6) is 0 Å². The van der Waals surface area contributed by atoms with Gasteiger partial charge in [-0.05, 0) is 55.7 Å². The van der Waals surface area contributed by atoms with Crippen LogP contribution >= 0.6 is 23.2 Å². The number of hydrogen-bond acceptors (Lipinski definition) is 3. The fraction of sp³-hybridized carbons (Fsp3) is 0.222. The number of amides is 1. The summed E-state index contributed by atoms with van der Waals surface area (Å²) in [7, 11) is 0. The number of ether oxygens (including phenoxy) is 1. The second-order valence-electron chi connectivity index (χ2n) is 5.48. The first kappa shape index (κ1) is 18.3. The maximum atomic E-state index is 12.0. The fourth-order valence-electron chi connectivity index (χ4n) is 2.03. The lowest BCUT2D eigenvalue weighted by atomic mass is 10.1. The molecule has 4 nitrogen and oxygen atoms in total. The second kappa shape index (κ2) is 7.69. The van der Waals surface area contributed by atoms with E-state index in [2.05, 4.69) is 5.32 Å². The van der Waals surface area contributed by atoms with Gasteiger partial charge in [-0.2, -0.15) is 0 Å². The van der Waals surface area contributed by atoms with Crippen molar-refractivity contribution in [2.24, 2.45) is 0 Å². The summed E-state index contributed by atoms with van der Waals surface area (Å²) in [6.07, 6.45) is 0. The third-order valence-corrected chi connectivity index (χ3v) is 4.43. The van der Waals surface area contributed by atoms with Gasteiger partial charge in [0.15, 0.2) is 6.61 Å². The number of esters is 1. The molecule has 0 spiro atoms. The van der Waals surface area contributed by atoms with Gasteiger partial charge in [0.05, 0.1) is 21.3 Å². The zero-order valence-electron chi connectivity index (χ0n) is 13.6. The minimum absolute atomic E-state index is 0.311. The van der Waals surface area contributed by atoms with Gasteiger partial charge < -0.3 is 10.1 Å². The van der Waals surface area contributed by atoms with E-state index >= 15 is 0 Å². The molecule has 0 aromatic heterocycles. The largest absolute Gasteiger partial charge is 0.452 e. The van der Waals surface area contributed by atoms with E-state index in [9.17, 15) is 9.59 Å². The van der Waals surface area contributed by atoms with E-state index in [0.29, 0.717) is 21.3 Å². The Bertz CT molecular complexity index is 803. The van der Waals surface area contributed by atoms with Gasteiger partial charge in [0, 0.05) is 0 Å². The third-order valence-electron chi connectivity index (χ3n) is 3.63. The van der Waals surface area contributed by atoms with Crippen LogP contribution in [0.4, 0.5) is 5.69 Å². The molecule has 24 heavy (non-hydrogen) atoms. The molecule has 2 rings (SSSR count). The molecule has 0 atom stereocenters. The number of hydrogen-bond donors (Lipinski definition) is 1. The van der Waals surface area contributed by atoms with Gasteiger partial charge in [0.1, 0.15) is 0 Å². The van der Waals surface area contributed by atoms with Crippen LogP contribution in [0.1, 0.15) is 27.0 Å². The molecule has 0 aliphatic heterocycles. The van der Waals surface area contributed by atoms with Gasteiger partial charge in [-0.1, -0.05) is 35.3 Å². The Balaban J connectivity index is 2.00. The summed E-state index contributed by atoms with van der Waals surface area (Å²) in [5.74, 6) is -1.07. The van der Waals surface area contributed by atoms with Crippen molar-refractivity contribution in [1.82, 2.24) is 0 Å². The highest BCUT2D eigenvalue weighted by Gasteiger charge is 2.14. The molecule has 0 heterocycles. The van der Waals surface area contributed by atoms with E-state index in [0.717, 1.165) is 16.7 Å². The van der Waals surface area contributed by atoms with Crippen LogP contribution in [-0.4, -0.2) is 18.5 Å². The van der Waals surface area contributed by atoms with E-state index in [1.807, 2.05) is 19.9 Å². The van der Waals surface area contributed by atoms with Crippen LogP contribution in [-0.2, 0) is 9.53 Å². The van der Waals surface area contributed by atoms with Crippen molar-refractivity contribution in [3.8, 4) is 0 Å². The molecule has 0 fully saturated rings. The maximum Gasteiger partial charge on any atom is 0.338 e. The van der Waals surface area contributed by atoms with Crippen molar-refractivity contribution in [2.45, 2.75) is 20.8 Å². The van der Waals surface area contributed by atoms with Crippen molar-refractivity contribution in [3.05, 3.63) is 62.6 Å². The molecule has 0 radical (unpaired) electrons. The predicted octanol–water partition coefficient (Wildman–Crippen LogP) is 4.71. The number of halogens is 2. The zero-order valence-corrected chi connectivity index (χ0v) is 15.1. The number of nitrogens with one attached hydrogen (secondary N) is 1. The summed E-state index contributed by atoms with van der Waals surface area (Å²) in [4.78, 5) is 24.0. The van der Waals surface area contributed by atoms with Crippen molar-refractivity contribution < 1.29 is 14.3 Å². The maximum absolute atomic E-state index is 12.0. The summed E-state index contributed by atoms with van der Waals surface area (Å²) >= 11 is 12.2. The van der Waals surface area contributed by atoms with E-state index in [1.54, 1.807) is 31.2 Å². The smallest absolute Gasteiger partial charge is 0.338 e. The van der Waals surface area contributed by atoms with E-state index in [-0.39, 0.29) is 0 Å². The standard InChI is InChI=1S/C18H17Cl2NO3/c1-10-4-6-13(8-12(10)3)18(23)24-9-15(22)21-17-14(19)7-5-11(2)16(17)20/h4-8H,9H2,1-3H3,(H,21,22). The molecule has 0 saturated carbocycles. The van der Waals surface area contributed by atoms with Crippen LogP contribution in [0.3, 0.4) is 0 Å². The molecule has 0 aliphatic rings. The SMILES string of the molecule is Cc1ccc(C(=O)OCC(=O)Nc2c(Cl)ccc(C)c2Cl)cc1C. The first-order valence-corrected chi connectivity index (χ1v) is 8.04. The van der Waals surface area contributed by atoms with E-state index in [4.69, 9.17) is 27.9 Å². The molecule has 1 N–H and O–H groups in total. The first-order valence-electron chi connectivity index (χ1n) is 7.28. The van der Waals surface area contributed by atoms with Crippen molar-refractivity contribution >= 4 is 40.8 Å². The Kier molecular flexibility index (Phi) is 5.86. The average molecular weight is 366 g/mol. The highest BCUT2D eigenvalue weighted by molar-refractivity contribution is 6.40. The van der Waals surface area contributed by atoms with Gasteiger partial charge >= 0.3 is 5.97 Å². The fourth-order valence-corrected chi connectivity index (χ4v) is 2.49. The van der Waals surface area contributed by atoms with Gasteiger partial charge in [-0.15, -0.1) is 0 Å². The van der Waals surface area contributed by atoms with E-state index in [1.165, 1.54) is 0 Å². The minimum atomic E-state index is -0.560. The van der Waals surface area contributed by atoms with Gasteiger partial charge in [0.2, 0.25) is 0 Å². The van der Waals surface area contributed by atoms with Crippen LogP contribution in [0.15, 0.2) is 30.3 Å². The highest BCUT2D eigenvalue weighted by Crippen LogP contribution is 2.32. The molecule has 1 amide bonds. The van der Waals surface area contributed by atoms with E-state index < -0.39 is 18.5 Å². The predicted molar refractivity (Wildman–Crippen MR) is 96.0 cm³/mol. The molecule has 0 saturated heterocycles. The van der Waals surface area contributed by atoms with Crippen LogP contribution in [0, 0.1) is 20.8 Å². The monoisotopic (exact) mass is 365 g/mol. The van der Waals surface area contributed by atoms with Crippen LogP contribution in [0.25, 0.3) is 0 Å². The van der Waals surface area contributed by atoms with Crippen molar-refractivity contribution in [1.29, 1.82) is 0 Å². The second-order valence-corrected chi connectivity index (χ2v) is 6.26. The topological polar surface area (TPSA) is 55.4 Å². The molecule has 0 aliphatic carbocycles. The summed E-state index contributed by atoms with van der Waals surface area (Å²) in [5, 5.41) is 3.24. The molecule has 2 aromatic carbocycles. The molecule has 0 unspecified atom stereocenters. The Hall–Kier alpha value is -2.04. The van der Waals surface area contributed by atoms with Crippen LogP contribution < -0.4 is 5.32 Å². The molecular formula is C18H17Cl2NO3. The Morgan fingerprint density at radius 1 is 1.00 bits per heavy atom. The number of benzene rings is 2. The normalized spacial score (nSPS) is 10.4. The first-order chi connectivity index (χ1) is 11.3. The molecule has 2 aromatic rings. The van der Waals surface area contributed by atoms with Gasteiger partial charge in [-0.3, -0.25) is 4.79 Å². The highest BCUT2D eigenvalue weighted by atomic mass is 35.5. The van der Waals surface area contributed by atoms with Crippen LogP contribution in [0.2, 0.25) is 10.0 Å².